The fourth-order valence-corrected chi connectivity index (χ4v) is 2.96. The zero-order valence-electron chi connectivity index (χ0n) is 14.7. The van der Waals surface area contributed by atoms with Gasteiger partial charge < -0.3 is 14.3 Å². The van der Waals surface area contributed by atoms with E-state index < -0.39 is 6.10 Å². The molecular weight excluding hydrogens is 316 g/mol. The number of hydrogen-bond acceptors (Lipinski definition) is 5. The van der Waals surface area contributed by atoms with Crippen molar-refractivity contribution in [3.63, 3.8) is 0 Å². The molecule has 0 saturated heterocycles. The second-order valence-corrected chi connectivity index (χ2v) is 6.92. The van der Waals surface area contributed by atoms with Crippen molar-refractivity contribution in [1.29, 1.82) is 5.26 Å². The highest BCUT2D eigenvalue weighted by Gasteiger charge is 2.36. The van der Waals surface area contributed by atoms with Crippen LogP contribution < -0.4 is 4.74 Å². The SMILES string of the molecule is C[C@@H]1C[C@@H]1c1ccc(CN(C)C[C@@H](O)COc2ccc(C#N)cc2)o1. The molecule has 25 heavy (non-hydrogen) atoms. The molecule has 5 nitrogen and oxygen atoms in total. The lowest BCUT2D eigenvalue weighted by molar-refractivity contribution is 0.0724. The molecule has 1 aliphatic carbocycles. The predicted octanol–water partition coefficient (Wildman–Crippen LogP) is 3.15. The van der Waals surface area contributed by atoms with Gasteiger partial charge in [0.1, 0.15) is 30.0 Å². The first-order valence-electron chi connectivity index (χ1n) is 8.63. The molecule has 0 amide bonds. The summed E-state index contributed by atoms with van der Waals surface area (Å²) >= 11 is 0. The van der Waals surface area contributed by atoms with Gasteiger partial charge in [0.25, 0.3) is 0 Å². The van der Waals surface area contributed by atoms with Crippen LogP contribution in [-0.2, 0) is 6.54 Å². The summed E-state index contributed by atoms with van der Waals surface area (Å²) in [6.07, 6.45) is 0.618. The first-order valence-corrected chi connectivity index (χ1v) is 8.63. The minimum absolute atomic E-state index is 0.208. The zero-order chi connectivity index (χ0) is 17.8. The van der Waals surface area contributed by atoms with Crippen LogP contribution in [0.15, 0.2) is 40.8 Å². The second kappa shape index (κ2) is 7.73. The van der Waals surface area contributed by atoms with Crippen LogP contribution in [-0.4, -0.2) is 36.3 Å². The summed E-state index contributed by atoms with van der Waals surface area (Å²) < 4.78 is 11.5. The van der Waals surface area contributed by atoms with E-state index in [-0.39, 0.29) is 6.61 Å². The molecule has 1 fully saturated rings. The Morgan fingerprint density at radius 2 is 2.04 bits per heavy atom. The summed E-state index contributed by atoms with van der Waals surface area (Å²) in [6.45, 7) is 3.60. The van der Waals surface area contributed by atoms with Gasteiger partial charge in [-0.25, -0.2) is 0 Å². The molecule has 0 bridgehead atoms. The molecule has 1 aromatic heterocycles. The summed E-state index contributed by atoms with van der Waals surface area (Å²) in [5, 5.41) is 18.9. The zero-order valence-corrected chi connectivity index (χ0v) is 14.7. The van der Waals surface area contributed by atoms with Gasteiger partial charge in [-0.1, -0.05) is 6.92 Å². The van der Waals surface area contributed by atoms with Crippen LogP contribution in [0.5, 0.6) is 5.75 Å². The van der Waals surface area contributed by atoms with Crippen LogP contribution in [0.1, 0.15) is 36.3 Å². The summed E-state index contributed by atoms with van der Waals surface area (Å²) in [7, 11) is 1.95. The molecular formula is C20H24N2O3. The van der Waals surface area contributed by atoms with E-state index in [1.165, 1.54) is 6.42 Å². The molecule has 132 valence electrons. The van der Waals surface area contributed by atoms with Gasteiger partial charge in [-0.05, 0) is 55.8 Å². The molecule has 3 rings (SSSR count). The van der Waals surface area contributed by atoms with Gasteiger partial charge in [0, 0.05) is 12.5 Å². The Bertz CT molecular complexity index is 732. The van der Waals surface area contributed by atoms with Gasteiger partial charge in [0.15, 0.2) is 0 Å². The lowest BCUT2D eigenvalue weighted by Gasteiger charge is -2.19. The van der Waals surface area contributed by atoms with E-state index in [1.807, 2.05) is 18.0 Å². The van der Waals surface area contributed by atoms with Crippen molar-refractivity contribution in [3.8, 4) is 11.8 Å². The summed E-state index contributed by atoms with van der Waals surface area (Å²) in [6, 6.07) is 13.0. The maximum atomic E-state index is 10.1. The third-order valence-electron chi connectivity index (χ3n) is 4.53. The molecule has 1 heterocycles. The maximum absolute atomic E-state index is 10.1. The second-order valence-electron chi connectivity index (χ2n) is 6.92. The topological polar surface area (TPSA) is 69.6 Å². The Hall–Kier alpha value is -2.29. The highest BCUT2D eigenvalue weighted by Crippen LogP contribution is 2.47. The number of aliphatic hydroxyl groups excluding tert-OH is 1. The minimum Gasteiger partial charge on any atom is -0.491 e. The molecule has 3 atom stereocenters. The van der Waals surface area contributed by atoms with E-state index >= 15 is 0 Å². The quantitative estimate of drug-likeness (QED) is 0.799. The van der Waals surface area contributed by atoms with Gasteiger partial charge in [0.2, 0.25) is 0 Å². The third kappa shape index (κ3) is 4.85. The number of ether oxygens (including phenoxy) is 1. The first-order chi connectivity index (χ1) is 12.0. The van der Waals surface area contributed by atoms with E-state index in [0.717, 1.165) is 17.4 Å². The number of furan rings is 1. The maximum Gasteiger partial charge on any atom is 0.119 e. The summed E-state index contributed by atoms with van der Waals surface area (Å²) in [5.74, 6) is 3.98. The van der Waals surface area contributed by atoms with E-state index in [9.17, 15) is 5.11 Å². The Balaban J connectivity index is 1.41. The fraction of sp³-hybridized carbons (Fsp3) is 0.450. The van der Waals surface area contributed by atoms with Gasteiger partial charge >= 0.3 is 0 Å². The van der Waals surface area contributed by atoms with Gasteiger partial charge in [0.05, 0.1) is 18.2 Å². The highest BCUT2D eigenvalue weighted by atomic mass is 16.5. The molecule has 1 N–H and O–H groups in total. The number of aliphatic hydroxyl groups is 1. The van der Waals surface area contributed by atoms with E-state index in [0.29, 0.717) is 30.3 Å². The first kappa shape index (κ1) is 17.5. The lowest BCUT2D eigenvalue weighted by Crippen LogP contribution is -2.32. The minimum atomic E-state index is -0.599. The summed E-state index contributed by atoms with van der Waals surface area (Å²) in [4.78, 5) is 2.02. The Labute approximate surface area is 148 Å². The van der Waals surface area contributed by atoms with Crippen LogP contribution >= 0.6 is 0 Å². The Morgan fingerprint density at radius 3 is 2.68 bits per heavy atom. The van der Waals surface area contributed by atoms with E-state index in [4.69, 9.17) is 14.4 Å². The van der Waals surface area contributed by atoms with Crippen LogP contribution in [0.4, 0.5) is 0 Å². The number of nitriles is 1. The molecule has 1 saturated carbocycles. The number of benzene rings is 1. The Morgan fingerprint density at radius 1 is 1.32 bits per heavy atom. The van der Waals surface area contributed by atoms with Crippen LogP contribution in [0, 0.1) is 17.2 Å². The lowest BCUT2D eigenvalue weighted by atomic mass is 10.2. The van der Waals surface area contributed by atoms with Gasteiger partial charge in [-0.15, -0.1) is 0 Å². The summed E-state index contributed by atoms with van der Waals surface area (Å²) in [5.41, 5.74) is 0.589. The smallest absolute Gasteiger partial charge is 0.119 e. The van der Waals surface area contributed by atoms with Crippen LogP contribution in [0.25, 0.3) is 0 Å². The van der Waals surface area contributed by atoms with Crippen molar-refractivity contribution < 1.29 is 14.3 Å². The number of likely N-dealkylation sites (N-methyl/N-ethyl adjacent to an activating group) is 1. The van der Waals surface area contributed by atoms with Crippen molar-refractivity contribution in [2.24, 2.45) is 5.92 Å². The largest absolute Gasteiger partial charge is 0.491 e. The molecule has 0 spiro atoms. The number of rotatable bonds is 8. The normalized spacial score (nSPS) is 20.3. The molecule has 0 unspecified atom stereocenters. The molecule has 1 aliphatic rings. The Kier molecular flexibility index (Phi) is 5.42. The standard InChI is InChI=1S/C20H24N2O3/c1-14-9-19(14)20-8-7-18(25-20)12-22(2)11-16(23)13-24-17-5-3-15(10-21)4-6-17/h3-8,14,16,19,23H,9,11-13H2,1-2H3/t14-,16-,19+/m1/s1. The molecule has 0 aliphatic heterocycles. The average Bonchev–Trinajstić information content (AvgIpc) is 3.15. The average molecular weight is 340 g/mol. The third-order valence-corrected chi connectivity index (χ3v) is 4.53. The van der Waals surface area contributed by atoms with Crippen molar-refractivity contribution in [2.75, 3.05) is 20.2 Å². The molecule has 2 aromatic rings. The number of hydrogen-bond donors (Lipinski definition) is 1. The van der Waals surface area contributed by atoms with E-state index in [1.54, 1.807) is 24.3 Å². The van der Waals surface area contributed by atoms with Crippen LogP contribution in [0.2, 0.25) is 0 Å². The van der Waals surface area contributed by atoms with Crippen molar-refractivity contribution in [3.05, 3.63) is 53.5 Å². The van der Waals surface area contributed by atoms with Gasteiger partial charge in [-0.3, -0.25) is 4.90 Å². The van der Waals surface area contributed by atoms with Crippen molar-refractivity contribution >= 4 is 0 Å². The predicted molar refractivity (Wildman–Crippen MR) is 94.2 cm³/mol. The molecule has 1 aromatic carbocycles. The van der Waals surface area contributed by atoms with Crippen LogP contribution in [0.3, 0.4) is 0 Å². The fourth-order valence-electron chi connectivity index (χ4n) is 2.96. The van der Waals surface area contributed by atoms with Crippen molar-refractivity contribution in [2.45, 2.75) is 31.9 Å². The molecule has 0 radical (unpaired) electrons. The van der Waals surface area contributed by atoms with Gasteiger partial charge in [-0.2, -0.15) is 5.26 Å². The van der Waals surface area contributed by atoms with Crippen molar-refractivity contribution in [1.82, 2.24) is 4.90 Å². The highest BCUT2D eigenvalue weighted by molar-refractivity contribution is 5.34. The molecule has 5 heteroatoms. The van der Waals surface area contributed by atoms with E-state index in [2.05, 4.69) is 19.1 Å². The number of nitrogens with zero attached hydrogens (tertiary/aromatic N) is 2. The monoisotopic (exact) mass is 340 g/mol.